The van der Waals surface area contributed by atoms with Crippen LogP contribution in [0.1, 0.15) is 29.7 Å². The summed E-state index contributed by atoms with van der Waals surface area (Å²) >= 11 is 0. The van der Waals surface area contributed by atoms with Gasteiger partial charge in [0.1, 0.15) is 5.69 Å². The second-order valence-corrected chi connectivity index (χ2v) is 4.65. The molecule has 0 aliphatic rings. The smallest absolute Gasteiger partial charge is 0.247 e. The van der Waals surface area contributed by atoms with Gasteiger partial charge < -0.3 is 4.57 Å². The largest absolute Gasteiger partial charge is 0.328 e. The van der Waals surface area contributed by atoms with Crippen molar-refractivity contribution in [2.45, 2.75) is 19.9 Å². The van der Waals surface area contributed by atoms with Crippen molar-refractivity contribution in [3.63, 3.8) is 0 Å². The Morgan fingerprint density at radius 1 is 1.15 bits per heavy atom. The van der Waals surface area contributed by atoms with Gasteiger partial charge in [-0.05, 0) is 17.9 Å². The fraction of sp³-hybridized carbons (Fsp3) is 0.188. The Bertz CT molecular complexity index is 756. The molecule has 3 aromatic rings. The molecule has 20 heavy (non-hydrogen) atoms. The van der Waals surface area contributed by atoms with Crippen LogP contribution in [0.5, 0.6) is 0 Å². The van der Waals surface area contributed by atoms with Gasteiger partial charge in [0.2, 0.25) is 5.78 Å². The number of hydrogen-bond acceptors (Lipinski definition) is 3. The van der Waals surface area contributed by atoms with Crippen LogP contribution in [0.15, 0.2) is 48.9 Å². The summed E-state index contributed by atoms with van der Waals surface area (Å²) in [4.78, 5) is 21.1. The van der Waals surface area contributed by atoms with Crippen LogP contribution in [-0.2, 0) is 6.54 Å². The van der Waals surface area contributed by atoms with E-state index in [1.54, 1.807) is 12.4 Å². The van der Waals surface area contributed by atoms with Gasteiger partial charge in [-0.1, -0.05) is 31.2 Å². The summed E-state index contributed by atoms with van der Waals surface area (Å²) in [7, 11) is 0. The van der Waals surface area contributed by atoms with E-state index in [1.165, 1.54) is 0 Å². The van der Waals surface area contributed by atoms with Crippen LogP contribution in [0, 0.1) is 0 Å². The van der Waals surface area contributed by atoms with E-state index in [0.717, 1.165) is 23.7 Å². The summed E-state index contributed by atoms with van der Waals surface area (Å²) in [6.07, 6.45) is 6.12. The second kappa shape index (κ2) is 5.25. The van der Waals surface area contributed by atoms with Gasteiger partial charge >= 0.3 is 0 Å². The number of benzene rings is 1. The normalized spacial score (nSPS) is 10.8. The standard InChI is InChI=1S/C16H15N3O/c1-2-10-19-11-9-18-16(19)15(20)14-13-6-4-3-5-12(13)7-8-17-14/h3-9,11H,2,10H2,1H3. The average molecular weight is 265 g/mol. The van der Waals surface area contributed by atoms with Gasteiger partial charge in [-0.2, -0.15) is 0 Å². The molecule has 2 aromatic heterocycles. The first-order valence-electron chi connectivity index (χ1n) is 6.71. The zero-order valence-corrected chi connectivity index (χ0v) is 11.3. The average Bonchev–Trinajstić information content (AvgIpc) is 2.94. The summed E-state index contributed by atoms with van der Waals surface area (Å²) < 4.78 is 1.88. The van der Waals surface area contributed by atoms with E-state index in [-0.39, 0.29) is 5.78 Å². The number of aryl methyl sites for hydroxylation is 1. The maximum Gasteiger partial charge on any atom is 0.247 e. The maximum absolute atomic E-state index is 12.7. The van der Waals surface area contributed by atoms with E-state index < -0.39 is 0 Å². The van der Waals surface area contributed by atoms with Crippen LogP contribution in [-0.4, -0.2) is 20.3 Å². The molecule has 0 N–H and O–H groups in total. The van der Waals surface area contributed by atoms with Crippen molar-refractivity contribution in [2.24, 2.45) is 0 Å². The lowest BCUT2D eigenvalue weighted by atomic mass is 10.1. The molecule has 0 spiro atoms. The number of imidazole rings is 1. The third-order valence-electron chi connectivity index (χ3n) is 3.27. The molecule has 0 aliphatic carbocycles. The number of carbonyl (C=O) groups excluding carboxylic acids is 1. The number of ketones is 1. The zero-order chi connectivity index (χ0) is 13.9. The van der Waals surface area contributed by atoms with Crippen LogP contribution in [0.3, 0.4) is 0 Å². The number of rotatable bonds is 4. The molecule has 100 valence electrons. The number of hydrogen-bond donors (Lipinski definition) is 0. The first-order chi connectivity index (χ1) is 9.81. The van der Waals surface area contributed by atoms with Crippen molar-refractivity contribution >= 4 is 16.6 Å². The molecule has 0 unspecified atom stereocenters. The van der Waals surface area contributed by atoms with E-state index in [4.69, 9.17) is 0 Å². The molecule has 0 radical (unpaired) electrons. The number of carbonyl (C=O) groups is 1. The first-order valence-corrected chi connectivity index (χ1v) is 6.71. The fourth-order valence-corrected chi connectivity index (χ4v) is 2.35. The Hall–Kier alpha value is -2.49. The van der Waals surface area contributed by atoms with Gasteiger partial charge in [0.15, 0.2) is 5.82 Å². The van der Waals surface area contributed by atoms with Gasteiger partial charge in [0, 0.05) is 30.5 Å². The van der Waals surface area contributed by atoms with Gasteiger partial charge in [-0.15, -0.1) is 0 Å². The van der Waals surface area contributed by atoms with Crippen molar-refractivity contribution in [3.8, 4) is 0 Å². The highest BCUT2D eigenvalue weighted by molar-refractivity contribution is 6.13. The van der Waals surface area contributed by atoms with Crippen molar-refractivity contribution in [2.75, 3.05) is 0 Å². The SMILES string of the molecule is CCCn1ccnc1C(=O)c1nccc2ccccc12. The Morgan fingerprint density at radius 2 is 2.00 bits per heavy atom. The minimum Gasteiger partial charge on any atom is -0.328 e. The van der Waals surface area contributed by atoms with Gasteiger partial charge in [0.05, 0.1) is 0 Å². The predicted molar refractivity (Wildman–Crippen MR) is 77.7 cm³/mol. The molecule has 0 saturated carbocycles. The van der Waals surface area contributed by atoms with Crippen molar-refractivity contribution < 1.29 is 4.79 Å². The summed E-state index contributed by atoms with van der Waals surface area (Å²) in [6.45, 7) is 2.86. The molecule has 0 saturated heterocycles. The van der Waals surface area contributed by atoms with Crippen LogP contribution >= 0.6 is 0 Å². The van der Waals surface area contributed by atoms with E-state index in [0.29, 0.717) is 11.5 Å². The van der Waals surface area contributed by atoms with Gasteiger partial charge in [-0.3, -0.25) is 9.78 Å². The molecule has 0 amide bonds. The second-order valence-electron chi connectivity index (χ2n) is 4.65. The quantitative estimate of drug-likeness (QED) is 0.681. The fourth-order valence-electron chi connectivity index (χ4n) is 2.35. The minimum atomic E-state index is -0.125. The lowest BCUT2D eigenvalue weighted by molar-refractivity contribution is 0.102. The van der Waals surface area contributed by atoms with Gasteiger partial charge in [-0.25, -0.2) is 4.98 Å². The van der Waals surface area contributed by atoms with Crippen LogP contribution < -0.4 is 0 Å². The highest BCUT2D eigenvalue weighted by Crippen LogP contribution is 2.18. The molecule has 4 heteroatoms. The molecule has 0 bridgehead atoms. The molecular formula is C16H15N3O. The van der Waals surface area contributed by atoms with E-state index in [1.807, 2.05) is 41.1 Å². The van der Waals surface area contributed by atoms with Crippen molar-refractivity contribution in [1.82, 2.24) is 14.5 Å². The van der Waals surface area contributed by atoms with Crippen molar-refractivity contribution in [3.05, 3.63) is 60.4 Å². The zero-order valence-electron chi connectivity index (χ0n) is 11.3. The maximum atomic E-state index is 12.7. The molecule has 4 nitrogen and oxygen atoms in total. The molecule has 1 aromatic carbocycles. The van der Waals surface area contributed by atoms with Gasteiger partial charge in [0.25, 0.3) is 0 Å². The number of pyridine rings is 1. The summed E-state index contributed by atoms with van der Waals surface area (Å²) in [5, 5.41) is 1.88. The minimum absolute atomic E-state index is 0.125. The first kappa shape index (κ1) is 12.5. The Labute approximate surface area is 117 Å². The highest BCUT2D eigenvalue weighted by Gasteiger charge is 2.18. The van der Waals surface area contributed by atoms with E-state index in [2.05, 4.69) is 16.9 Å². The van der Waals surface area contributed by atoms with Crippen molar-refractivity contribution in [1.29, 1.82) is 0 Å². The summed E-state index contributed by atoms with van der Waals surface area (Å²) in [5.74, 6) is 0.330. The number of fused-ring (bicyclic) bond motifs is 1. The third kappa shape index (κ3) is 2.09. The lowest BCUT2D eigenvalue weighted by Gasteiger charge is -2.07. The summed E-state index contributed by atoms with van der Waals surface area (Å²) in [6, 6.07) is 9.67. The predicted octanol–water partition coefficient (Wildman–Crippen LogP) is 3.07. The molecule has 0 aliphatic heterocycles. The highest BCUT2D eigenvalue weighted by atomic mass is 16.1. The molecule has 2 heterocycles. The van der Waals surface area contributed by atoms with Crippen LogP contribution in [0.4, 0.5) is 0 Å². The number of nitrogens with zero attached hydrogens (tertiary/aromatic N) is 3. The van der Waals surface area contributed by atoms with E-state index >= 15 is 0 Å². The third-order valence-corrected chi connectivity index (χ3v) is 3.27. The van der Waals surface area contributed by atoms with Crippen LogP contribution in [0.25, 0.3) is 10.8 Å². The lowest BCUT2D eigenvalue weighted by Crippen LogP contribution is -2.13. The number of aromatic nitrogens is 3. The monoisotopic (exact) mass is 265 g/mol. The molecular weight excluding hydrogens is 250 g/mol. The molecule has 3 rings (SSSR count). The van der Waals surface area contributed by atoms with Crippen LogP contribution in [0.2, 0.25) is 0 Å². The Kier molecular flexibility index (Phi) is 3.29. The van der Waals surface area contributed by atoms with E-state index in [9.17, 15) is 4.79 Å². The Balaban J connectivity index is 2.11. The summed E-state index contributed by atoms with van der Waals surface area (Å²) in [5.41, 5.74) is 0.464. The topological polar surface area (TPSA) is 47.8 Å². The Morgan fingerprint density at radius 3 is 2.85 bits per heavy atom. The molecule has 0 fully saturated rings. The molecule has 0 atom stereocenters.